The summed E-state index contributed by atoms with van der Waals surface area (Å²) in [6.07, 6.45) is -3.33. The lowest BCUT2D eigenvalue weighted by atomic mass is 10.5. The van der Waals surface area contributed by atoms with Crippen molar-refractivity contribution in [3.63, 3.8) is 0 Å². The van der Waals surface area contributed by atoms with Crippen LogP contribution >= 0.6 is 12.2 Å². The molecule has 2 N–H and O–H groups in total. The Labute approximate surface area is 92.4 Å². The highest BCUT2D eigenvalue weighted by Crippen LogP contribution is 2.13. The summed E-state index contributed by atoms with van der Waals surface area (Å²) in [6.45, 7) is 1.76. The van der Waals surface area contributed by atoms with Gasteiger partial charge in [-0.1, -0.05) is 6.92 Å². The van der Waals surface area contributed by atoms with Gasteiger partial charge in [0.2, 0.25) is 0 Å². The van der Waals surface area contributed by atoms with Crippen molar-refractivity contribution >= 4 is 17.3 Å². The highest BCUT2D eigenvalue weighted by atomic mass is 32.1. The van der Waals surface area contributed by atoms with E-state index in [0.717, 1.165) is 13.0 Å². The first-order valence-electron chi connectivity index (χ1n) is 4.62. The quantitative estimate of drug-likeness (QED) is 0.547. The molecule has 0 heterocycles. The smallest absolute Gasteiger partial charge is 0.370 e. The lowest BCUT2D eigenvalue weighted by molar-refractivity contribution is -0.173. The molecule has 7 heteroatoms. The zero-order valence-electron chi connectivity index (χ0n) is 8.49. The lowest BCUT2D eigenvalue weighted by Crippen LogP contribution is -2.37. The van der Waals surface area contributed by atoms with Crippen molar-refractivity contribution in [3.8, 4) is 0 Å². The molecule has 0 amide bonds. The molecule has 0 rings (SSSR count). The van der Waals surface area contributed by atoms with Crippen LogP contribution in [0.3, 0.4) is 0 Å². The molecule has 3 nitrogen and oxygen atoms in total. The fourth-order valence-corrected chi connectivity index (χ4v) is 0.930. The van der Waals surface area contributed by atoms with Crippen LogP contribution in [0, 0.1) is 0 Å². The van der Waals surface area contributed by atoms with Gasteiger partial charge in [-0.25, -0.2) is 0 Å². The topological polar surface area (TPSA) is 33.3 Å². The van der Waals surface area contributed by atoms with E-state index in [1.807, 2.05) is 6.92 Å². The van der Waals surface area contributed by atoms with E-state index in [1.165, 1.54) is 0 Å². The predicted molar refractivity (Wildman–Crippen MR) is 55.8 cm³/mol. The number of ether oxygens (including phenoxy) is 1. The molecule has 0 unspecified atom stereocenters. The predicted octanol–water partition coefficient (Wildman–Crippen LogP) is 1.44. The zero-order valence-corrected chi connectivity index (χ0v) is 9.30. The molecule has 0 radical (unpaired) electrons. The minimum atomic E-state index is -4.26. The average Bonchev–Trinajstić information content (AvgIpc) is 2.12. The minimum Gasteiger partial charge on any atom is -0.370 e. The highest BCUT2D eigenvalue weighted by Gasteiger charge is 2.27. The monoisotopic (exact) mass is 244 g/mol. The summed E-state index contributed by atoms with van der Waals surface area (Å²) in [5.74, 6) is 0. The van der Waals surface area contributed by atoms with Gasteiger partial charge < -0.3 is 15.4 Å². The Morgan fingerprint density at radius 2 is 1.87 bits per heavy atom. The molecule has 0 aliphatic carbocycles. The van der Waals surface area contributed by atoms with Gasteiger partial charge >= 0.3 is 6.18 Å². The molecule has 0 aromatic heterocycles. The first-order valence-corrected chi connectivity index (χ1v) is 5.02. The van der Waals surface area contributed by atoms with Gasteiger partial charge in [-0.15, -0.1) is 0 Å². The minimum absolute atomic E-state index is 0.0204. The second-order valence-corrected chi connectivity index (χ2v) is 3.26. The summed E-state index contributed by atoms with van der Waals surface area (Å²) in [5.41, 5.74) is 0. The van der Waals surface area contributed by atoms with Crippen LogP contribution in [0.25, 0.3) is 0 Å². The number of alkyl halides is 3. The first-order chi connectivity index (χ1) is 6.95. The number of hydrogen-bond acceptors (Lipinski definition) is 2. The fraction of sp³-hybridized carbons (Fsp3) is 0.875. The van der Waals surface area contributed by atoms with E-state index in [1.54, 1.807) is 0 Å². The van der Waals surface area contributed by atoms with Gasteiger partial charge in [0.25, 0.3) is 0 Å². The molecule has 0 aromatic rings. The van der Waals surface area contributed by atoms with E-state index in [4.69, 9.17) is 12.2 Å². The van der Waals surface area contributed by atoms with Gasteiger partial charge in [0.15, 0.2) is 5.11 Å². The second kappa shape index (κ2) is 7.70. The van der Waals surface area contributed by atoms with Crippen molar-refractivity contribution in [2.24, 2.45) is 0 Å². The summed E-state index contributed by atoms with van der Waals surface area (Å²) >= 11 is 4.84. The molecule has 0 fully saturated rings. The van der Waals surface area contributed by atoms with Gasteiger partial charge in [-0.05, 0) is 18.6 Å². The second-order valence-electron chi connectivity index (χ2n) is 2.85. The number of thiocarbonyl (C=S) groups is 1. The van der Waals surface area contributed by atoms with Crippen LogP contribution in [0.4, 0.5) is 13.2 Å². The van der Waals surface area contributed by atoms with Crippen LogP contribution in [0.5, 0.6) is 0 Å². The third kappa shape index (κ3) is 11.4. The van der Waals surface area contributed by atoms with Crippen LogP contribution in [0.15, 0.2) is 0 Å². The van der Waals surface area contributed by atoms with Crippen LogP contribution in [0.1, 0.15) is 13.3 Å². The van der Waals surface area contributed by atoms with Crippen molar-refractivity contribution in [1.29, 1.82) is 0 Å². The van der Waals surface area contributed by atoms with Gasteiger partial charge in [-0.2, -0.15) is 13.2 Å². The van der Waals surface area contributed by atoms with E-state index in [2.05, 4.69) is 15.4 Å². The maximum atomic E-state index is 11.6. The molecular formula is C8H15F3N2OS. The van der Waals surface area contributed by atoms with Gasteiger partial charge in [0.05, 0.1) is 6.61 Å². The Balaban J connectivity index is 3.27. The lowest BCUT2D eigenvalue weighted by Gasteiger charge is -2.10. The van der Waals surface area contributed by atoms with Crippen molar-refractivity contribution in [2.45, 2.75) is 19.5 Å². The molecule has 0 aliphatic heterocycles. The zero-order chi connectivity index (χ0) is 11.7. The Bertz CT molecular complexity index is 187. The fourth-order valence-electron chi connectivity index (χ4n) is 0.726. The molecule has 15 heavy (non-hydrogen) atoms. The first kappa shape index (κ1) is 14.4. The molecule has 0 aliphatic rings. The normalized spacial score (nSPS) is 11.2. The van der Waals surface area contributed by atoms with Crippen LogP contribution in [-0.4, -0.2) is 37.6 Å². The highest BCUT2D eigenvalue weighted by molar-refractivity contribution is 7.80. The van der Waals surface area contributed by atoms with Crippen molar-refractivity contribution in [2.75, 3.05) is 26.3 Å². The van der Waals surface area contributed by atoms with Crippen molar-refractivity contribution < 1.29 is 17.9 Å². The molecule has 0 atom stereocenters. The SMILES string of the molecule is CCCNC(=S)NCCOCC(F)(F)F. The average molecular weight is 244 g/mol. The largest absolute Gasteiger partial charge is 0.411 e. The summed E-state index contributed by atoms with van der Waals surface area (Å²) in [5, 5.41) is 6.05. The number of rotatable bonds is 6. The maximum Gasteiger partial charge on any atom is 0.411 e. The summed E-state index contributed by atoms with van der Waals surface area (Å²) in [7, 11) is 0. The number of halogens is 3. The molecule has 0 aromatic carbocycles. The molecule has 0 saturated heterocycles. The van der Waals surface area contributed by atoms with Crippen LogP contribution in [-0.2, 0) is 4.74 Å². The molecular weight excluding hydrogens is 229 g/mol. The van der Waals surface area contributed by atoms with E-state index >= 15 is 0 Å². The van der Waals surface area contributed by atoms with Crippen LogP contribution in [0.2, 0.25) is 0 Å². The Kier molecular flexibility index (Phi) is 7.41. The van der Waals surface area contributed by atoms with Gasteiger partial charge in [-0.3, -0.25) is 0 Å². The molecule has 0 spiro atoms. The van der Waals surface area contributed by atoms with Gasteiger partial charge in [0, 0.05) is 13.1 Å². The molecule has 90 valence electrons. The third-order valence-corrected chi connectivity index (χ3v) is 1.62. The third-order valence-electron chi connectivity index (χ3n) is 1.33. The Morgan fingerprint density at radius 3 is 2.40 bits per heavy atom. The van der Waals surface area contributed by atoms with E-state index in [0.29, 0.717) is 5.11 Å². The van der Waals surface area contributed by atoms with Crippen LogP contribution < -0.4 is 10.6 Å². The van der Waals surface area contributed by atoms with Crippen molar-refractivity contribution in [1.82, 2.24) is 10.6 Å². The van der Waals surface area contributed by atoms with Gasteiger partial charge in [0.1, 0.15) is 6.61 Å². The summed E-state index contributed by atoms with van der Waals surface area (Å²) < 4.78 is 39.3. The Morgan fingerprint density at radius 1 is 1.27 bits per heavy atom. The standard InChI is InChI=1S/C8H15F3N2OS/c1-2-3-12-7(15)13-4-5-14-6-8(9,10)11/h2-6H2,1H3,(H2,12,13,15). The Hall–Kier alpha value is -0.560. The van der Waals surface area contributed by atoms with E-state index in [9.17, 15) is 13.2 Å². The van der Waals surface area contributed by atoms with E-state index in [-0.39, 0.29) is 13.2 Å². The number of hydrogen-bond donors (Lipinski definition) is 2. The number of nitrogens with one attached hydrogen (secondary N) is 2. The van der Waals surface area contributed by atoms with Crippen molar-refractivity contribution in [3.05, 3.63) is 0 Å². The summed E-state index contributed by atoms with van der Waals surface area (Å²) in [6, 6.07) is 0. The molecule has 0 bridgehead atoms. The maximum absolute atomic E-state index is 11.6. The van der Waals surface area contributed by atoms with E-state index < -0.39 is 12.8 Å². The molecule has 0 saturated carbocycles. The summed E-state index contributed by atoms with van der Waals surface area (Å²) in [4.78, 5) is 0.